The lowest BCUT2D eigenvalue weighted by Gasteiger charge is -2.22. The Morgan fingerprint density at radius 1 is 1.00 bits per heavy atom. The Morgan fingerprint density at radius 2 is 1.77 bits per heavy atom. The van der Waals surface area contributed by atoms with E-state index in [1.54, 1.807) is 23.1 Å². The van der Waals surface area contributed by atoms with Crippen LogP contribution in [0, 0.1) is 0 Å². The second kappa shape index (κ2) is 9.64. The molecule has 0 spiro atoms. The first kappa shape index (κ1) is 20.9. The summed E-state index contributed by atoms with van der Waals surface area (Å²) in [6.45, 7) is 2.77. The van der Waals surface area contributed by atoms with Crippen molar-refractivity contribution in [3.63, 3.8) is 0 Å². The lowest BCUT2D eigenvalue weighted by atomic mass is 10.1. The van der Waals surface area contributed by atoms with Crippen molar-refractivity contribution in [1.29, 1.82) is 0 Å². The van der Waals surface area contributed by atoms with Crippen molar-refractivity contribution in [3.8, 4) is 0 Å². The topological polar surface area (TPSA) is 61.4 Å². The van der Waals surface area contributed by atoms with Gasteiger partial charge in [-0.2, -0.15) is 4.37 Å². The summed E-state index contributed by atoms with van der Waals surface area (Å²) in [7, 11) is 0. The quantitative estimate of drug-likeness (QED) is 0.581. The fourth-order valence-electron chi connectivity index (χ4n) is 3.34. The molecule has 2 amide bonds. The number of nitrogens with zero attached hydrogens (tertiary/aromatic N) is 4. The van der Waals surface area contributed by atoms with Crippen molar-refractivity contribution in [2.45, 2.75) is 12.8 Å². The van der Waals surface area contributed by atoms with Crippen molar-refractivity contribution in [2.75, 3.05) is 36.4 Å². The second-order valence-electron chi connectivity index (χ2n) is 7.01. The Morgan fingerprint density at radius 3 is 2.53 bits per heavy atom. The van der Waals surface area contributed by atoms with Crippen LogP contribution in [0.5, 0.6) is 0 Å². The van der Waals surface area contributed by atoms with E-state index in [9.17, 15) is 4.79 Å². The molecule has 0 aliphatic carbocycles. The van der Waals surface area contributed by atoms with Crippen LogP contribution in [0.25, 0.3) is 0 Å². The van der Waals surface area contributed by atoms with Gasteiger partial charge in [-0.1, -0.05) is 59.6 Å². The van der Waals surface area contributed by atoms with E-state index in [1.165, 1.54) is 17.1 Å². The maximum atomic E-state index is 12.7. The molecule has 0 bridgehead atoms. The SMILES string of the molecule is O=C(Nc1c(Cl)cccc1Cl)N1CCCN(c2nc(Cc3ccccc3)ns2)CC1. The number of nitrogens with one attached hydrogen (secondary N) is 1. The highest BCUT2D eigenvalue weighted by molar-refractivity contribution is 7.09. The van der Waals surface area contributed by atoms with E-state index in [1.807, 2.05) is 18.2 Å². The average Bonchev–Trinajstić information content (AvgIpc) is 3.06. The molecule has 1 aromatic heterocycles. The largest absolute Gasteiger partial charge is 0.345 e. The number of benzene rings is 2. The molecule has 1 aliphatic rings. The number of anilines is 2. The van der Waals surface area contributed by atoms with Crippen molar-refractivity contribution < 1.29 is 4.79 Å². The molecule has 4 rings (SSSR count). The first-order valence-corrected chi connectivity index (χ1v) is 11.2. The normalized spacial score (nSPS) is 14.5. The van der Waals surface area contributed by atoms with Gasteiger partial charge in [0, 0.05) is 44.1 Å². The predicted octanol–water partition coefficient (Wildman–Crippen LogP) is 5.18. The Bertz CT molecular complexity index is 993. The number of hydrogen-bond donors (Lipinski definition) is 1. The summed E-state index contributed by atoms with van der Waals surface area (Å²) < 4.78 is 4.51. The van der Waals surface area contributed by atoms with Crippen LogP contribution in [-0.4, -0.2) is 46.5 Å². The number of halogens is 2. The third-order valence-corrected chi connectivity index (χ3v) is 6.36. The summed E-state index contributed by atoms with van der Waals surface area (Å²) in [5.41, 5.74) is 1.64. The summed E-state index contributed by atoms with van der Waals surface area (Å²) in [5.74, 6) is 0.827. The highest BCUT2D eigenvalue weighted by Crippen LogP contribution is 2.30. The number of hydrogen-bond acceptors (Lipinski definition) is 5. The Labute approximate surface area is 189 Å². The minimum absolute atomic E-state index is 0.200. The minimum atomic E-state index is -0.200. The van der Waals surface area contributed by atoms with Crippen LogP contribution in [0.15, 0.2) is 48.5 Å². The molecule has 156 valence electrons. The number of rotatable bonds is 4. The molecule has 3 aromatic rings. The van der Waals surface area contributed by atoms with Gasteiger partial charge in [-0.05, 0) is 24.1 Å². The molecule has 0 radical (unpaired) electrons. The molecule has 1 saturated heterocycles. The molecule has 0 saturated carbocycles. The molecular formula is C21H21Cl2N5OS. The second-order valence-corrected chi connectivity index (χ2v) is 8.55. The maximum absolute atomic E-state index is 12.7. The van der Waals surface area contributed by atoms with E-state index in [0.717, 1.165) is 30.3 Å². The van der Waals surface area contributed by atoms with E-state index in [2.05, 4.69) is 26.7 Å². The standard InChI is InChI=1S/C21H21Cl2N5OS/c22-16-8-4-9-17(23)19(16)25-20(29)27-10-5-11-28(13-12-27)21-24-18(26-30-21)14-15-6-2-1-3-7-15/h1-4,6-9H,5,10-14H2,(H,25,29). The van der Waals surface area contributed by atoms with Gasteiger partial charge in [0.15, 0.2) is 0 Å². The van der Waals surface area contributed by atoms with Gasteiger partial charge in [0.2, 0.25) is 5.13 Å². The Hall–Kier alpha value is -2.35. The van der Waals surface area contributed by atoms with Gasteiger partial charge in [-0.25, -0.2) is 9.78 Å². The van der Waals surface area contributed by atoms with Crippen LogP contribution in [0.4, 0.5) is 15.6 Å². The minimum Gasteiger partial charge on any atom is -0.345 e. The van der Waals surface area contributed by atoms with Gasteiger partial charge in [-0.15, -0.1) is 0 Å². The Kier molecular flexibility index (Phi) is 6.72. The molecular weight excluding hydrogens is 441 g/mol. The van der Waals surface area contributed by atoms with Gasteiger partial charge in [-0.3, -0.25) is 0 Å². The van der Waals surface area contributed by atoms with Gasteiger partial charge < -0.3 is 15.1 Å². The van der Waals surface area contributed by atoms with Crippen LogP contribution >= 0.6 is 34.7 Å². The molecule has 0 atom stereocenters. The zero-order valence-electron chi connectivity index (χ0n) is 16.2. The monoisotopic (exact) mass is 461 g/mol. The molecule has 9 heteroatoms. The zero-order valence-corrected chi connectivity index (χ0v) is 18.6. The number of para-hydroxylation sites is 1. The summed E-state index contributed by atoms with van der Waals surface area (Å²) in [6.07, 6.45) is 1.57. The van der Waals surface area contributed by atoms with Crippen molar-refractivity contribution >= 4 is 51.6 Å². The third-order valence-electron chi connectivity index (χ3n) is 4.91. The van der Waals surface area contributed by atoms with Gasteiger partial charge in [0.25, 0.3) is 0 Å². The number of aromatic nitrogens is 2. The smallest absolute Gasteiger partial charge is 0.321 e. The molecule has 1 fully saturated rings. The third kappa shape index (κ3) is 5.03. The maximum Gasteiger partial charge on any atom is 0.321 e. The fourth-order valence-corrected chi connectivity index (χ4v) is 4.57. The van der Waals surface area contributed by atoms with Crippen molar-refractivity contribution in [1.82, 2.24) is 14.3 Å². The summed E-state index contributed by atoms with van der Waals surface area (Å²) in [4.78, 5) is 21.4. The molecule has 30 heavy (non-hydrogen) atoms. The van der Waals surface area contributed by atoms with Crippen LogP contribution in [0.3, 0.4) is 0 Å². The van der Waals surface area contributed by atoms with Crippen molar-refractivity contribution in [3.05, 3.63) is 70.0 Å². The van der Waals surface area contributed by atoms with E-state index in [4.69, 9.17) is 28.2 Å². The number of carbonyl (C=O) groups excluding carboxylic acids is 1. The number of carbonyl (C=O) groups is 1. The summed E-state index contributed by atoms with van der Waals surface area (Å²) in [6, 6.07) is 15.2. The lowest BCUT2D eigenvalue weighted by Crippen LogP contribution is -2.38. The molecule has 1 N–H and O–H groups in total. The van der Waals surface area contributed by atoms with Gasteiger partial charge >= 0.3 is 6.03 Å². The fraction of sp³-hybridized carbons (Fsp3) is 0.286. The molecule has 6 nitrogen and oxygen atoms in total. The molecule has 2 aromatic carbocycles. The highest BCUT2D eigenvalue weighted by atomic mass is 35.5. The molecule has 2 heterocycles. The van der Waals surface area contributed by atoms with Crippen LogP contribution in [0.1, 0.15) is 17.8 Å². The first-order chi connectivity index (χ1) is 14.6. The molecule has 0 unspecified atom stereocenters. The van der Waals surface area contributed by atoms with E-state index in [-0.39, 0.29) is 6.03 Å². The van der Waals surface area contributed by atoms with Gasteiger partial charge in [0.05, 0.1) is 15.7 Å². The summed E-state index contributed by atoms with van der Waals surface area (Å²) in [5, 5.41) is 4.59. The van der Waals surface area contributed by atoms with E-state index < -0.39 is 0 Å². The Balaban J connectivity index is 1.37. The van der Waals surface area contributed by atoms with Gasteiger partial charge in [0.1, 0.15) is 5.82 Å². The lowest BCUT2D eigenvalue weighted by molar-refractivity contribution is 0.215. The van der Waals surface area contributed by atoms with E-state index >= 15 is 0 Å². The van der Waals surface area contributed by atoms with Crippen LogP contribution in [-0.2, 0) is 6.42 Å². The first-order valence-electron chi connectivity index (χ1n) is 9.71. The highest BCUT2D eigenvalue weighted by Gasteiger charge is 2.22. The predicted molar refractivity (Wildman–Crippen MR) is 123 cm³/mol. The summed E-state index contributed by atoms with van der Waals surface area (Å²) >= 11 is 13.7. The number of amides is 2. The van der Waals surface area contributed by atoms with Crippen LogP contribution < -0.4 is 10.2 Å². The molecule has 1 aliphatic heterocycles. The number of urea groups is 1. The van der Waals surface area contributed by atoms with E-state index in [0.29, 0.717) is 35.4 Å². The van der Waals surface area contributed by atoms with Crippen molar-refractivity contribution in [2.24, 2.45) is 0 Å². The average molecular weight is 462 g/mol. The van der Waals surface area contributed by atoms with Crippen LogP contribution in [0.2, 0.25) is 10.0 Å². The zero-order chi connectivity index (χ0) is 20.9.